The Morgan fingerprint density at radius 3 is 0.977 bits per heavy atom. The quantitative estimate of drug-likeness (QED) is 0.107. The molecule has 2 aliphatic heterocycles. The number of aryl methyl sites for hydroxylation is 11. The van der Waals surface area contributed by atoms with E-state index in [2.05, 4.69) is 76.7 Å². The SMILES string of the molecule is CC(=O)c1c(C)nn(C2=NCc3ccccc32)c1C.CC(=O)c1cc(-n2nc(C)cc2C)ccn1.CC(=O)c1cc(-n2nc(C)cc2C)ccn1.CC(=O)c1cc(-n2nc(C)cc2C)ccn1.CC(=O)c1cn(-c2ccnc3ccccc23)nc1C.Cc1cc(C)n(-c2ccnc(C(N)=O)c2)n1.Cc1nn(C2=NCc3ccccc32)c(C)c1C(=O)O.O=C=O.O=C=O.O=C=O.O=C=O. The number of hydrogen-bond donors (Lipinski definition) is 2. The summed E-state index contributed by atoms with van der Waals surface area (Å²) >= 11 is 0. The van der Waals surface area contributed by atoms with E-state index in [0.717, 1.165) is 130 Å². The normalized spacial score (nSPS) is 10.6. The standard InChI is InChI=1S/C15H15N3O.C15H13N3O.C14H13N3O2.3C12H13N3O.C11H12N4O.4CO2/c1-9-14(11(3)19)10(2)18(17-9)15-13-7-5-4-6-12(13)8-16-15;1-10-13(11(2)19)9-18(17-10)15-7-8-16-14-6-4-3-5-12(14)15;1-8-12(14(18)19)9(2)17(16-8)13-11-6-4-3-5-10(11)7-15-13;3*1-8-6-9(2)15(14-8)11-4-5-13-12(7-11)10(3)16;1-7-5-8(2)15(14-7)9-3-4-13-10(6-9)11(12)16;4*2-1-3/h4-7H,8H2,1-3H3;3-9H,1-2H3;3-6H,7H2,1-2H3,(H,18,19);3*4-7H,1-3H3;3-6H,1-2H3,(H2,12,16);;;;. The summed E-state index contributed by atoms with van der Waals surface area (Å²) in [7, 11) is 0. The number of carbonyl (C=O) groups excluding carboxylic acids is 14. The molecule has 14 heterocycles. The number of carboxylic acid groups (broad SMARTS) is 1. The molecule has 1 amide bonds. The van der Waals surface area contributed by atoms with Gasteiger partial charge in [-0.05, 0) is 200 Å². The Hall–Kier alpha value is -17.7. The van der Waals surface area contributed by atoms with Gasteiger partial charge in [-0.3, -0.25) is 63.7 Å². The van der Waals surface area contributed by atoms with Gasteiger partial charge in [0, 0.05) is 97.2 Å². The van der Waals surface area contributed by atoms with Gasteiger partial charge in [-0.15, -0.1) is 0 Å². The number of carboxylic acids is 1. The van der Waals surface area contributed by atoms with Gasteiger partial charge in [-0.1, -0.05) is 66.7 Å². The molecule has 38 nitrogen and oxygen atoms in total. The Morgan fingerprint density at radius 2 is 0.669 bits per heavy atom. The van der Waals surface area contributed by atoms with Gasteiger partial charge >= 0.3 is 30.6 Å². The zero-order valence-corrected chi connectivity index (χ0v) is 75.9. The molecule has 15 aromatic rings. The number of primary amides is 1. The lowest BCUT2D eigenvalue weighted by Gasteiger charge is -2.06. The summed E-state index contributed by atoms with van der Waals surface area (Å²) in [5, 5.41) is 40.8. The monoisotopic (exact) mass is 1800 g/mol. The predicted octanol–water partition coefficient (Wildman–Crippen LogP) is 12.4. The minimum Gasteiger partial charge on any atom is -0.478 e. The molecule has 17 rings (SSSR count). The van der Waals surface area contributed by atoms with E-state index in [-0.39, 0.29) is 64.8 Å². The topological polar surface area (TPSA) is 516 Å². The average molecular weight is 1800 g/mol. The lowest BCUT2D eigenvalue weighted by molar-refractivity contribution is -0.193. The second-order valence-electron chi connectivity index (χ2n) is 29.2. The number of amides is 1. The first kappa shape index (κ1) is 102. The number of rotatable bonds is 12. The highest BCUT2D eigenvalue weighted by atomic mass is 16.4. The number of benzene rings is 3. The van der Waals surface area contributed by atoms with E-state index >= 15 is 0 Å². The number of aliphatic imine (C=N–C) groups is 2. The molecule has 0 bridgehead atoms. The third kappa shape index (κ3) is 26.9. The van der Waals surface area contributed by atoms with Crippen LogP contribution in [0.25, 0.3) is 39.3 Å². The number of nitrogens with two attached hydrogens (primary N) is 1. The van der Waals surface area contributed by atoms with Gasteiger partial charge in [0.25, 0.3) is 5.91 Å². The first-order valence-corrected chi connectivity index (χ1v) is 40.1. The van der Waals surface area contributed by atoms with Crippen molar-refractivity contribution in [1.82, 2.24) is 93.4 Å². The molecule has 678 valence electrons. The van der Waals surface area contributed by atoms with Gasteiger partial charge in [0.05, 0.1) is 109 Å². The number of para-hydroxylation sites is 1. The van der Waals surface area contributed by atoms with Crippen LogP contribution in [0.2, 0.25) is 0 Å². The summed E-state index contributed by atoms with van der Waals surface area (Å²) in [5.41, 5.74) is 29.5. The van der Waals surface area contributed by atoms with Crippen molar-refractivity contribution in [2.45, 2.75) is 138 Å². The van der Waals surface area contributed by atoms with Gasteiger partial charge in [0.15, 0.2) is 40.6 Å². The molecule has 0 unspecified atom stereocenters. The van der Waals surface area contributed by atoms with E-state index < -0.39 is 11.9 Å². The molecular formula is C95H92N22O16. The van der Waals surface area contributed by atoms with Crippen LogP contribution >= 0.6 is 0 Å². The zero-order chi connectivity index (χ0) is 98.2. The van der Waals surface area contributed by atoms with E-state index in [0.29, 0.717) is 52.7 Å². The first-order valence-electron chi connectivity index (χ1n) is 40.1. The van der Waals surface area contributed by atoms with Crippen LogP contribution in [-0.4, -0.2) is 176 Å². The fourth-order valence-corrected chi connectivity index (χ4v) is 13.8. The summed E-state index contributed by atoms with van der Waals surface area (Å²) in [6, 6.07) is 48.0. The Bertz CT molecular complexity index is 6450. The number of fused-ring (bicyclic) bond motifs is 3. The predicted molar refractivity (Wildman–Crippen MR) is 480 cm³/mol. The third-order valence-electron chi connectivity index (χ3n) is 19.3. The van der Waals surface area contributed by atoms with Crippen LogP contribution in [0.5, 0.6) is 0 Å². The van der Waals surface area contributed by atoms with Crippen molar-refractivity contribution in [3.63, 3.8) is 0 Å². The number of ketones is 5. The molecule has 3 N–H and O–H groups in total. The molecule has 0 radical (unpaired) electrons. The van der Waals surface area contributed by atoms with Crippen LogP contribution in [0.1, 0.15) is 204 Å². The van der Waals surface area contributed by atoms with Crippen molar-refractivity contribution in [1.29, 1.82) is 0 Å². The summed E-state index contributed by atoms with van der Waals surface area (Å²) in [5.74, 6) is 0.0364. The molecule has 0 saturated carbocycles. The largest absolute Gasteiger partial charge is 0.478 e. The number of aromatic nitrogens is 19. The Morgan fingerprint density at radius 1 is 0.346 bits per heavy atom. The highest BCUT2D eigenvalue weighted by molar-refractivity contribution is 6.06. The number of Topliss-reactive ketones (excluding diaryl/α,β-unsaturated/α-hetero) is 5. The van der Waals surface area contributed by atoms with Crippen molar-refractivity contribution in [3.05, 3.63) is 325 Å². The summed E-state index contributed by atoms with van der Waals surface area (Å²) in [4.78, 5) is 173. The van der Waals surface area contributed by atoms with Crippen LogP contribution in [0, 0.1) is 90.0 Å². The molecule has 0 saturated heterocycles. The summed E-state index contributed by atoms with van der Waals surface area (Å²) in [6.45, 7) is 33.7. The first-order chi connectivity index (χ1) is 63.3. The smallest absolute Gasteiger partial charge is 0.373 e. The molecule has 0 atom stereocenters. The van der Waals surface area contributed by atoms with Gasteiger partial charge in [0.2, 0.25) is 0 Å². The van der Waals surface area contributed by atoms with Crippen LogP contribution < -0.4 is 5.73 Å². The zero-order valence-electron chi connectivity index (χ0n) is 75.9. The maximum Gasteiger partial charge on any atom is 0.373 e. The minimum atomic E-state index is -0.951. The maximum absolute atomic E-state index is 11.7. The lowest BCUT2D eigenvalue weighted by atomic mass is 10.1. The Labute approximate surface area is 761 Å². The van der Waals surface area contributed by atoms with Crippen LogP contribution in [0.15, 0.2) is 199 Å². The Kier molecular flexibility index (Phi) is 37.2. The van der Waals surface area contributed by atoms with Crippen LogP contribution in [0.4, 0.5) is 0 Å². The van der Waals surface area contributed by atoms with Crippen molar-refractivity contribution in [2.24, 2.45) is 15.7 Å². The molecule has 3 aromatic carbocycles. The average Bonchev–Trinajstić information content (AvgIpc) is 1.63. The van der Waals surface area contributed by atoms with E-state index in [1.54, 1.807) is 114 Å². The summed E-state index contributed by atoms with van der Waals surface area (Å²) in [6.07, 6.45) is 11.0. The maximum atomic E-state index is 11.7. The van der Waals surface area contributed by atoms with Crippen LogP contribution in [-0.2, 0) is 51.4 Å². The number of hydrogen-bond acceptors (Lipinski definition) is 29. The molecular weight excluding hydrogens is 1710 g/mol. The highest BCUT2D eigenvalue weighted by Gasteiger charge is 2.26. The van der Waals surface area contributed by atoms with E-state index in [1.165, 1.54) is 26.3 Å². The molecule has 38 heteroatoms. The molecule has 12 aromatic heterocycles. The van der Waals surface area contributed by atoms with E-state index in [4.69, 9.17) is 44.1 Å². The highest BCUT2D eigenvalue weighted by Crippen LogP contribution is 2.27. The minimum absolute atomic E-state index is 0.0297. The molecule has 0 aliphatic carbocycles. The number of nitrogens with zero attached hydrogens (tertiary/aromatic N) is 21. The molecule has 0 spiro atoms. The van der Waals surface area contributed by atoms with E-state index in [9.17, 15) is 38.7 Å². The fraction of sp³-hybridized carbons (Fsp3) is 0.211. The molecule has 2 aliphatic rings. The number of aromatic carboxylic acids is 1. The third-order valence-corrected chi connectivity index (χ3v) is 19.3. The fourth-order valence-electron chi connectivity index (χ4n) is 13.8. The Balaban J connectivity index is 0.000000208. The molecule has 133 heavy (non-hydrogen) atoms. The number of pyridine rings is 5. The van der Waals surface area contributed by atoms with Crippen molar-refractivity contribution < 1.29 is 77.0 Å². The second kappa shape index (κ2) is 48.3. The van der Waals surface area contributed by atoms with Gasteiger partial charge in [0.1, 0.15) is 28.3 Å². The van der Waals surface area contributed by atoms with Crippen molar-refractivity contribution in [2.75, 3.05) is 0 Å². The lowest BCUT2D eigenvalue weighted by Crippen LogP contribution is -2.15. The van der Waals surface area contributed by atoms with Gasteiger partial charge in [-0.25, -0.2) is 37.6 Å². The van der Waals surface area contributed by atoms with Crippen LogP contribution in [0.3, 0.4) is 0 Å². The van der Waals surface area contributed by atoms with E-state index in [1.807, 2.05) is 205 Å². The summed E-state index contributed by atoms with van der Waals surface area (Å²) < 4.78 is 12.3. The van der Waals surface area contributed by atoms with Gasteiger partial charge < -0.3 is 10.8 Å². The van der Waals surface area contributed by atoms with Crippen molar-refractivity contribution in [3.8, 4) is 28.4 Å². The molecule has 0 fully saturated rings. The van der Waals surface area contributed by atoms with Crippen molar-refractivity contribution >= 4 is 88.0 Å². The number of carbonyl (C=O) groups is 7. The van der Waals surface area contributed by atoms with Gasteiger partial charge in [-0.2, -0.15) is 74.0 Å². The second-order valence-corrected chi connectivity index (χ2v) is 29.2.